The molecule has 1 amide bonds. The molecular weight excluding hydrogens is 294 g/mol. The molecule has 0 aromatic carbocycles. The van der Waals surface area contributed by atoms with E-state index >= 15 is 0 Å². The van der Waals surface area contributed by atoms with Gasteiger partial charge < -0.3 is 9.64 Å². The lowest BCUT2D eigenvalue weighted by Gasteiger charge is -2.35. The third kappa shape index (κ3) is 4.10. The van der Waals surface area contributed by atoms with Crippen molar-refractivity contribution in [3.8, 4) is 0 Å². The fraction of sp³-hybridized carbons (Fsp3) is 0.750. The minimum absolute atomic E-state index is 0.157. The molecule has 0 saturated carbocycles. The van der Waals surface area contributed by atoms with E-state index in [-0.39, 0.29) is 5.91 Å². The van der Waals surface area contributed by atoms with Crippen LogP contribution in [0, 0.1) is 0 Å². The lowest BCUT2D eigenvalue weighted by molar-refractivity contribution is -0.130. The zero-order valence-corrected chi connectivity index (χ0v) is 14.1. The van der Waals surface area contributed by atoms with Crippen LogP contribution in [0.25, 0.3) is 0 Å². The van der Waals surface area contributed by atoms with Crippen molar-refractivity contribution in [1.29, 1.82) is 0 Å². The van der Waals surface area contributed by atoms with Crippen LogP contribution in [0.3, 0.4) is 0 Å². The highest BCUT2D eigenvalue weighted by atomic mass is 16.5. The fourth-order valence-electron chi connectivity index (χ4n) is 3.28. The van der Waals surface area contributed by atoms with Crippen LogP contribution in [0.15, 0.2) is 12.3 Å². The molecule has 0 spiro atoms. The van der Waals surface area contributed by atoms with Crippen molar-refractivity contribution in [3.63, 3.8) is 0 Å². The maximum atomic E-state index is 12.2. The summed E-state index contributed by atoms with van der Waals surface area (Å²) in [5, 5.41) is 4.41. The molecule has 7 nitrogen and oxygen atoms in total. The van der Waals surface area contributed by atoms with E-state index in [0.717, 1.165) is 52.4 Å². The maximum Gasteiger partial charge on any atom is 0.236 e. The molecule has 7 heteroatoms. The number of carbonyl (C=O) groups excluding carboxylic acids is 1. The number of fused-ring (bicyclic) bond motifs is 1. The highest BCUT2D eigenvalue weighted by Gasteiger charge is 2.28. The van der Waals surface area contributed by atoms with E-state index < -0.39 is 0 Å². The fourth-order valence-corrected chi connectivity index (χ4v) is 3.28. The summed E-state index contributed by atoms with van der Waals surface area (Å²) in [6.45, 7) is 6.75. The van der Waals surface area contributed by atoms with Gasteiger partial charge in [-0.15, -0.1) is 0 Å². The van der Waals surface area contributed by atoms with Gasteiger partial charge in [0.1, 0.15) is 0 Å². The molecule has 3 rings (SSSR count). The summed E-state index contributed by atoms with van der Waals surface area (Å²) >= 11 is 0. The summed E-state index contributed by atoms with van der Waals surface area (Å²) in [5.74, 6) is 0.157. The lowest BCUT2D eigenvalue weighted by atomic mass is 10.1. The predicted molar refractivity (Wildman–Crippen MR) is 87.0 cm³/mol. The monoisotopic (exact) mass is 321 g/mol. The van der Waals surface area contributed by atoms with Crippen molar-refractivity contribution in [3.05, 3.63) is 18.0 Å². The van der Waals surface area contributed by atoms with E-state index in [9.17, 15) is 4.79 Å². The smallest absolute Gasteiger partial charge is 0.236 e. The van der Waals surface area contributed by atoms with Gasteiger partial charge in [-0.05, 0) is 12.5 Å². The highest BCUT2D eigenvalue weighted by Crippen LogP contribution is 2.18. The molecule has 128 valence electrons. The number of hydrogen-bond acceptors (Lipinski definition) is 5. The number of amides is 1. The van der Waals surface area contributed by atoms with Crippen molar-refractivity contribution >= 4 is 5.91 Å². The Kier molecular flexibility index (Phi) is 5.30. The Balaban J connectivity index is 1.71. The maximum absolute atomic E-state index is 12.2. The molecule has 0 N–H and O–H groups in total. The molecule has 0 radical (unpaired) electrons. The van der Waals surface area contributed by atoms with Gasteiger partial charge in [-0.25, -0.2) is 0 Å². The number of aromatic nitrogens is 2. The van der Waals surface area contributed by atoms with Gasteiger partial charge in [0.15, 0.2) is 0 Å². The first-order valence-corrected chi connectivity index (χ1v) is 8.38. The molecule has 1 atom stereocenters. The van der Waals surface area contributed by atoms with Crippen LogP contribution in [0.1, 0.15) is 12.1 Å². The van der Waals surface area contributed by atoms with Crippen LogP contribution in [-0.2, 0) is 22.6 Å². The van der Waals surface area contributed by atoms with E-state index in [4.69, 9.17) is 4.74 Å². The normalized spacial score (nSPS) is 23.3. The van der Waals surface area contributed by atoms with E-state index in [1.165, 1.54) is 5.69 Å². The molecule has 3 heterocycles. The summed E-state index contributed by atoms with van der Waals surface area (Å²) in [6.07, 6.45) is 2.87. The standard InChI is InChI=1S/C16H27N5O2/c1-18(2)16(22)13-20-12-15-3-5-17-21(15)6-4-14(20)11-19-7-9-23-10-8-19/h3,5,14H,4,6-13H2,1-2H3/t14-/m1/s1. The minimum Gasteiger partial charge on any atom is -0.379 e. The molecule has 23 heavy (non-hydrogen) atoms. The van der Waals surface area contributed by atoms with Gasteiger partial charge in [0.2, 0.25) is 5.91 Å². The van der Waals surface area contributed by atoms with Crippen LogP contribution in [0.5, 0.6) is 0 Å². The van der Waals surface area contributed by atoms with Gasteiger partial charge in [0.25, 0.3) is 0 Å². The Hall–Kier alpha value is -1.44. The molecular formula is C16H27N5O2. The Bertz CT molecular complexity index is 524. The zero-order valence-electron chi connectivity index (χ0n) is 14.1. The molecule has 1 fully saturated rings. The van der Waals surface area contributed by atoms with Gasteiger partial charge in [-0.3, -0.25) is 19.3 Å². The summed E-state index contributed by atoms with van der Waals surface area (Å²) in [5.41, 5.74) is 1.20. The van der Waals surface area contributed by atoms with E-state index in [1.807, 2.05) is 20.3 Å². The third-order valence-corrected chi connectivity index (χ3v) is 4.77. The topological polar surface area (TPSA) is 53.8 Å². The average molecular weight is 321 g/mol. The van der Waals surface area contributed by atoms with Crippen molar-refractivity contribution in [2.75, 3.05) is 53.5 Å². The number of nitrogens with zero attached hydrogens (tertiary/aromatic N) is 5. The van der Waals surface area contributed by atoms with Crippen molar-refractivity contribution < 1.29 is 9.53 Å². The quantitative estimate of drug-likeness (QED) is 0.774. The first kappa shape index (κ1) is 16.4. The van der Waals surface area contributed by atoms with Gasteiger partial charge in [0, 0.05) is 59.1 Å². The summed E-state index contributed by atoms with van der Waals surface area (Å²) < 4.78 is 7.52. The van der Waals surface area contributed by atoms with Gasteiger partial charge in [-0.1, -0.05) is 0 Å². The van der Waals surface area contributed by atoms with Gasteiger partial charge in [0.05, 0.1) is 25.5 Å². The number of hydrogen-bond donors (Lipinski definition) is 0. The Morgan fingerprint density at radius 1 is 1.35 bits per heavy atom. The molecule has 0 unspecified atom stereocenters. The van der Waals surface area contributed by atoms with Crippen molar-refractivity contribution in [1.82, 2.24) is 24.5 Å². The molecule has 1 saturated heterocycles. The Morgan fingerprint density at radius 3 is 2.87 bits per heavy atom. The number of ether oxygens (including phenoxy) is 1. The van der Waals surface area contributed by atoms with Crippen molar-refractivity contribution in [2.45, 2.75) is 25.6 Å². The van der Waals surface area contributed by atoms with E-state index in [2.05, 4.69) is 25.6 Å². The van der Waals surface area contributed by atoms with Crippen LogP contribution in [0.2, 0.25) is 0 Å². The number of rotatable bonds is 4. The zero-order chi connectivity index (χ0) is 16.2. The summed E-state index contributed by atoms with van der Waals surface area (Å²) in [7, 11) is 3.64. The molecule has 1 aromatic heterocycles. The van der Waals surface area contributed by atoms with Gasteiger partial charge >= 0.3 is 0 Å². The second-order valence-corrected chi connectivity index (χ2v) is 6.59. The first-order chi connectivity index (χ1) is 11.1. The molecule has 1 aromatic rings. The molecule has 0 aliphatic carbocycles. The second kappa shape index (κ2) is 7.42. The number of likely N-dealkylation sites (N-methyl/N-ethyl adjacent to an activating group) is 1. The van der Waals surface area contributed by atoms with Crippen LogP contribution >= 0.6 is 0 Å². The van der Waals surface area contributed by atoms with Crippen LogP contribution < -0.4 is 0 Å². The van der Waals surface area contributed by atoms with Crippen LogP contribution in [-0.4, -0.2) is 89.9 Å². The van der Waals surface area contributed by atoms with Crippen molar-refractivity contribution in [2.24, 2.45) is 0 Å². The highest BCUT2D eigenvalue weighted by molar-refractivity contribution is 5.77. The number of morpholine rings is 1. The Morgan fingerprint density at radius 2 is 2.13 bits per heavy atom. The van der Waals surface area contributed by atoms with Crippen LogP contribution in [0.4, 0.5) is 0 Å². The SMILES string of the molecule is CN(C)C(=O)CN1Cc2ccnn2CC[C@@H]1CN1CCOCC1. The minimum atomic E-state index is 0.157. The predicted octanol–water partition coefficient (Wildman–Crippen LogP) is -0.122. The Labute approximate surface area is 137 Å². The lowest BCUT2D eigenvalue weighted by Crippen LogP contribution is -2.49. The number of carbonyl (C=O) groups is 1. The second-order valence-electron chi connectivity index (χ2n) is 6.59. The van der Waals surface area contributed by atoms with E-state index in [1.54, 1.807) is 4.90 Å². The third-order valence-electron chi connectivity index (χ3n) is 4.77. The molecule has 2 aliphatic heterocycles. The van der Waals surface area contributed by atoms with E-state index in [0.29, 0.717) is 12.6 Å². The largest absolute Gasteiger partial charge is 0.379 e. The molecule has 2 aliphatic rings. The summed E-state index contributed by atoms with van der Waals surface area (Å²) in [6, 6.07) is 2.43. The van der Waals surface area contributed by atoms with Gasteiger partial charge in [-0.2, -0.15) is 5.10 Å². The first-order valence-electron chi connectivity index (χ1n) is 8.38. The summed E-state index contributed by atoms with van der Waals surface area (Å²) in [4.78, 5) is 18.7. The number of aryl methyl sites for hydroxylation is 1. The average Bonchev–Trinajstić information content (AvgIpc) is 2.92. The molecule has 0 bridgehead atoms.